The Morgan fingerprint density at radius 1 is 1.00 bits per heavy atom. The molecule has 0 aliphatic heterocycles. The Bertz CT molecular complexity index is 823. The zero-order chi connectivity index (χ0) is 18.0. The number of hydrogen-bond donors (Lipinski definition) is 2. The van der Waals surface area contributed by atoms with Gasteiger partial charge in [-0.3, -0.25) is 4.79 Å². The van der Waals surface area contributed by atoms with Gasteiger partial charge in [0, 0.05) is 11.9 Å². The molecular formula is C16H12Cl3NO3S. The van der Waals surface area contributed by atoms with Crippen LogP contribution in [0.3, 0.4) is 0 Å². The number of halogens is 3. The normalized spacial score (nSPS) is 10.5. The SMILES string of the molecule is CNC(=O)c1c(Cl)c(Cl)c(Sc2ccc(C)cc2)c(Cl)c1C(=O)O. The number of aromatic carboxylic acids is 1. The maximum absolute atomic E-state index is 12.0. The average molecular weight is 405 g/mol. The standard InChI is InChI=1S/C16H12Cl3NO3S/c1-7-3-5-8(6-4-7)24-14-12(18)10(16(22)23)9(15(21)20-2)11(17)13(14)19/h3-6H,1-2H3,(H,20,21)(H,22,23). The third-order valence-electron chi connectivity index (χ3n) is 3.19. The first-order valence-corrected chi connectivity index (χ1v) is 8.63. The van der Waals surface area contributed by atoms with Crippen LogP contribution in [0.25, 0.3) is 0 Å². The molecule has 0 fully saturated rings. The minimum Gasteiger partial charge on any atom is -0.478 e. The van der Waals surface area contributed by atoms with Gasteiger partial charge in [0.15, 0.2) is 0 Å². The summed E-state index contributed by atoms with van der Waals surface area (Å²) in [4.78, 5) is 24.7. The van der Waals surface area contributed by atoms with Gasteiger partial charge in [0.25, 0.3) is 5.91 Å². The second-order valence-electron chi connectivity index (χ2n) is 4.82. The van der Waals surface area contributed by atoms with Gasteiger partial charge in [0.05, 0.1) is 31.1 Å². The summed E-state index contributed by atoms with van der Waals surface area (Å²) >= 11 is 19.8. The van der Waals surface area contributed by atoms with Gasteiger partial charge in [0.1, 0.15) is 0 Å². The highest BCUT2D eigenvalue weighted by molar-refractivity contribution is 7.99. The van der Waals surface area contributed by atoms with Crippen LogP contribution in [0.5, 0.6) is 0 Å². The molecule has 0 unspecified atom stereocenters. The molecule has 0 spiro atoms. The predicted octanol–water partition coefficient (Wildman–Crippen LogP) is 5.16. The van der Waals surface area contributed by atoms with E-state index in [1.165, 1.54) is 18.8 Å². The molecule has 2 N–H and O–H groups in total. The molecule has 1 amide bonds. The van der Waals surface area contributed by atoms with E-state index in [0.717, 1.165) is 10.5 Å². The van der Waals surface area contributed by atoms with Crippen molar-refractivity contribution in [2.75, 3.05) is 7.05 Å². The van der Waals surface area contributed by atoms with E-state index in [-0.39, 0.29) is 31.1 Å². The fourth-order valence-electron chi connectivity index (χ4n) is 1.99. The smallest absolute Gasteiger partial charge is 0.338 e. The molecule has 24 heavy (non-hydrogen) atoms. The maximum atomic E-state index is 12.0. The number of rotatable bonds is 4. The lowest BCUT2D eigenvalue weighted by molar-refractivity contribution is 0.0691. The third-order valence-corrected chi connectivity index (χ3v) is 5.76. The van der Waals surface area contributed by atoms with Crippen LogP contribution in [-0.2, 0) is 0 Å². The molecule has 2 aromatic carbocycles. The minimum atomic E-state index is -1.36. The van der Waals surface area contributed by atoms with E-state index in [9.17, 15) is 14.7 Å². The Morgan fingerprint density at radius 2 is 1.58 bits per heavy atom. The van der Waals surface area contributed by atoms with Crippen molar-refractivity contribution < 1.29 is 14.7 Å². The van der Waals surface area contributed by atoms with Crippen LogP contribution in [0, 0.1) is 6.92 Å². The molecule has 0 heterocycles. The summed E-state index contributed by atoms with van der Waals surface area (Å²) in [7, 11) is 1.36. The van der Waals surface area contributed by atoms with Crippen molar-refractivity contribution in [2.24, 2.45) is 0 Å². The van der Waals surface area contributed by atoms with E-state index < -0.39 is 11.9 Å². The molecule has 0 atom stereocenters. The minimum absolute atomic E-state index is 0.0378. The quantitative estimate of drug-likeness (QED) is 0.690. The molecule has 126 valence electrons. The topological polar surface area (TPSA) is 66.4 Å². The van der Waals surface area contributed by atoms with Crippen molar-refractivity contribution in [1.29, 1.82) is 0 Å². The van der Waals surface area contributed by atoms with Crippen LogP contribution < -0.4 is 5.32 Å². The highest BCUT2D eigenvalue weighted by Crippen LogP contribution is 2.46. The number of carboxylic acid groups (broad SMARTS) is 1. The largest absolute Gasteiger partial charge is 0.478 e. The number of carboxylic acids is 1. The lowest BCUT2D eigenvalue weighted by atomic mass is 10.1. The van der Waals surface area contributed by atoms with Crippen molar-refractivity contribution >= 4 is 58.4 Å². The summed E-state index contributed by atoms with van der Waals surface area (Å²) in [6.45, 7) is 1.95. The number of aryl methyl sites for hydroxylation is 1. The van der Waals surface area contributed by atoms with Crippen molar-refractivity contribution in [3.63, 3.8) is 0 Å². The second-order valence-corrected chi connectivity index (χ2v) is 7.04. The monoisotopic (exact) mass is 403 g/mol. The van der Waals surface area contributed by atoms with E-state index in [4.69, 9.17) is 34.8 Å². The fraction of sp³-hybridized carbons (Fsp3) is 0.125. The van der Waals surface area contributed by atoms with Crippen molar-refractivity contribution in [2.45, 2.75) is 16.7 Å². The Balaban J connectivity index is 2.67. The van der Waals surface area contributed by atoms with Crippen LogP contribution in [-0.4, -0.2) is 24.0 Å². The number of amides is 1. The lowest BCUT2D eigenvalue weighted by Crippen LogP contribution is -2.22. The van der Waals surface area contributed by atoms with Crippen molar-refractivity contribution in [1.82, 2.24) is 5.32 Å². The third kappa shape index (κ3) is 3.64. The zero-order valence-electron chi connectivity index (χ0n) is 12.6. The van der Waals surface area contributed by atoms with E-state index in [0.29, 0.717) is 0 Å². The van der Waals surface area contributed by atoms with Gasteiger partial charge in [-0.2, -0.15) is 0 Å². The number of hydrogen-bond acceptors (Lipinski definition) is 3. The van der Waals surface area contributed by atoms with E-state index in [1.54, 1.807) is 0 Å². The molecule has 4 nitrogen and oxygen atoms in total. The second kappa shape index (κ2) is 7.66. The van der Waals surface area contributed by atoms with Gasteiger partial charge >= 0.3 is 5.97 Å². The first kappa shape index (κ1) is 18.9. The molecule has 2 aromatic rings. The Hall–Kier alpha value is -1.40. The van der Waals surface area contributed by atoms with Crippen LogP contribution in [0.2, 0.25) is 15.1 Å². The molecule has 0 saturated carbocycles. The van der Waals surface area contributed by atoms with Gasteiger partial charge in [-0.1, -0.05) is 64.3 Å². The van der Waals surface area contributed by atoms with Crippen LogP contribution in [0.1, 0.15) is 26.3 Å². The Labute approximate surface area is 158 Å². The number of benzene rings is 2. The summed E-state index contributed by atoms with van der Waals surface area (Å²) in [6, 6.07) is 7.52. The highest BCUT2D eigenvalue weighted by Gasteiger charge is 2.29. The summed E-state index contributed by atoms with van der Waals surface area (Å²) < 4.78 is 0. The molecular weight excluding hydrogens is 393 g/mol. The van der Waals surface area contributed by atoms with E-state index in [1.807, 2.05) is 31.2 Å². The summed E-state index contributed by atoms with van der Waals surface area (Å²) in [6.07, 6.45) is 0. The molecule has 0 aliphatic carbocycles. The molecule has 0 saturated heterocycles. The highest BCUT2D eigenvalue weighted by atomic mass is 35.5. The van der Waals surface area contributed by atoms with Gasteiger partial charge < -0.3 is 10.4 Å². The van der Waals surface area contributed by atoms with E-state index >= 15 is 0 Å². The summed E-state index contributed by atoms with van der Waals surface area (Å²) in [5.41, 5.74) is 0.450. The van der Waals surface area contributed by atoms with Crippen molar-refractivity contribution in [3.05, 3.63) is 56.0 Å². The molecule has 8 heteroatoms. The number of carbonyl (C=O) groups excluding carboxylic acids is 1. The average Bonchev–Trinajstić information content (AvgIpc) is 2.55. The maximum Gasteiger partial charge on any atom is 0.338 e. The van der Waals surface area contributed by atoms with Gasteiger partial charge in [-0.05, 0) is 19.1 Å². The Morgan fingerprint density at radius 3 is 2.08 bits per heavy atom. The number of nitrogens with one attached hydrogen (secondary N) is 1. The fourth-order valence-corrected chi connectivity index (χ4v) is 3.95. The van der Waals surface area contributed by atoms with Gasteiger partial charge in [0.2, 0.25) is 0 Å². The first-order valence-electron chi connectivity index (χ1n) is 6.68. The Kier molecular flexibility index (Phi) is 6.04. The van der Waals surface area contributed by atoms with Crippen LogP contribution >= 0.6 is 46.6 Å². The first-order chi connectivity index (χ1) is 11.3. The summed E-state index contributed by atoms with van der Waals surface area (Å²) in [5.74, 6) is -2.03. The molecule has 0 radical (unpaired) electrons. The lowest BCUT2D eigenvalue weighted by Gasteiger charge is -2.15. The molecule has 0 aromatic heterocycles. The van der Waals surface area contributed by atoms with Crippen LogP contribution in [0.4, 0.5) is 0 Å². The molecule has 2 rings (SSSR count). The molecule has 0 bridgehead atoms. The van der Waals surface area contributed by atoms with Gasteiger partial charge in [-0.25, -0.2) is 4.79 Å². The predicted molar refractivity (Wildman–Crippen MR) is 97.1 cm³/mol. The van der Waals surface area contributed by atoms with Crippen LogP contribution in [0.15, 0.2) is 34.1 Å². The van der Waals surface area contributed by atoms with Crippen molar-refractivity contribution in [3.8, 4) is 0 Å². The number of carbonyl (C=O) groups is 2. The van der Waals surface area contributed by atoms with Gasteiger partial charge in [-0.15, -0.1) is 0 Å². The summed E-state index contributed by atoms with van der Waals surface area (Å²) in [5, 5.41) is 11.6. The molecule has 0 aliphatic rings. The zero-order valence-corrected chi connectivity index (χ0v) is 15.7. The van der Waals surface area contributed by atoms with E-state index in [2.05, 4.69) is 5.32 Å².